The topological polar surface area (TPSA) is 93.1 Å². The molecular formula is C12H13FO6. The van der Waals surface area contributed by atoms with Crippen molar-refractivity contribution < 1.29 is 33.7 Å². The zero-order valence-corrected chi connectivity index (χ0v) is 10.3. The van der Waals surface area contributed by atoms with Crippen LogP contribution in [0.2, 0.25) is 0 Å². The lowest BCUT2D eigenvalue weighted by molar-refractivity contribution is -0.154. The molecule has 0 bridgehead atoms. The van der Waals surface area contributed by atoms with Crippen LogP contribution in [0.15, 0.2) is 12.1 Å². The fourth-order valence-corrected chi connectivity index (χ4v) is 1.55. The molecular weight excluding hydrogens is 259 g/mol. The Labute approximate surface area is 108 Å². The summed E-state index contributed by atoms with van der Waals surface area (Å²) >= 11 is 0. The molecule has 2 N–H and O–H groups in total. The van der Waals surface area contributed by atoms with Crippen LogP contribution in [0.1, 0.15) is 5.56 Å². The molecule has 0 aromatic heterocycles. The Bertz CT molecular complexity index is 485. The van der Waals surface area contributed by atoms with Gasteiger partial charge in [0.15, 0.2) is 17.4 Å². The van der Waals surface area contributed by atoms with Gasteiger partial charge in [-0.2, -0.15) is 0 Å². The molecule has 0 atom stereocenters. The first-order chi connectivity index (χ1) is 8.90. The maximum Gasteiger partial charge on any atom is 0.318 e. The normalized spacial score (nSPS) is 10.3. The van der Waals surface area contributed by atoms with Crippen LogP contribution >= 0.6 is 0 Å². The molecule has 0 radical (unpaired) electrons. The molecule has 0 spiro atoms. The lowest BCUT2D eigenvalue weighted by Crippen LogP contribution is -2.25. The van der Waals surface area contributed by atoms with Crippen molar-refractivity contribution >= 4 is 11.9 Å². The fraction of sp³-hybridized carbons (Fsp3) is 0.333. The summed E-state index contributed by atoms with van der Waals surface area (Å²) in [5.74, 6) is -5.17. The molecule has 1 rings (SSSR count). The summed E-state index contributed by atoms with van der Waals surface area (Å²) in [6.07, 6.45) is -0.475. The minimum atomic E-state index is -1.72. The Morgan fingerprint density at radius 3 is 2.05 bits per heavy atom. The van der Waals surface area contributed by atoms with Crippen LogP contribution in [-0.4, -0.2) is 36.4 Å². The van der Waals surface area contributed by atoms with E-state index in [1.165, 1.54) is 20.3 Å². The molecule has 19 heavy (non-hydrogen) atoms. The van der Waals surface area contributed by atoms with Gasteiger partial charge in [0.1, 0.15) is 5.82 Å². The molecule has 0 saturated carbocycles. The molecule has 0 aliphatic carbocycles. The minimum Gasteiger partial charge on any atom is -0.493 e. The SMILES string of the molecule is COc1cc(F)c(CC(C(=O)O)C(=O)O)cc1OC. The number of ether oxygens (including phenoxy) is 2. The number of hydrogen-bond donors (Lipinski definition) is 2. The second-order valence-corrected chi connectivity index (χ2v) is 3.73. The highest BCUT2D eigenvalue weighted by atomic mass is 19.1. The maximum atomic E-state index is 13.7. The second-order valence-electron chi connectivity index (χ2n) is 3.73. The largest absolute Gasteiger partial charge is 0.493 e. The van der Waals surface area contributed by atoms with Crippen LogP contribution in [0.25, 0.3) is 0 Å². The van der Waals surface area contributed by atoms with Crippen LogP contribution in [-0.2, 0) is 16.0 Å². The van der Waals surface area contributed by atoms with Crippen molar-refractivity contribution in [2.45, 2.75) is 6.42 Å². The number of methoxy groups -OCH3 is 2. The summed E-state index contributed by atoms with van der Waals surface area (Å²) in [4.78, 5) is 21.5. The van der Waals surface area contributed by atoms with Gasteiger partial charge < -0.3 is 19.7 Å². The Morgan fingerprint density at radius 2 is 1.63 bits per heavy atom. The van der Waals surface area contributed by atoms with Crippen molar-refractivity contribution in [3.8, 4) is 11.5 Å². The van der Waals surface area contributed by atoms with Gasteiger partial charge in [0.25, 0.3) is 0 Å². The van der Waals surface area contributed by atoms with E-state index in [0.29, 0.717) is 0 Å². The Balaban J connectivity index is 3.13. The van der Waals surface area contributed by atoms with E-state index in [1.807, 2.05) is 0 Å². The maximum absolute atomic E-state index is 13.7. The van der Waals surface area contributed by atoms with Gasteiger partial charge in [0.05, 0.1) is 14.2 Å². The van der Waals surface area contributed by atoms with E-state index in [2.05, 4.69) is 0 Å². The first-order valence-corrected chi connectivity index (χ1v) is 5.26. The molecule has 0 unspecified atom stereocenters. The number of carboxylic acids is 2. The average molecular weight is 272 g/mol. The monoisotopic (exact) mass is 272 g/mol. The molecule has 1 aromatic carbocycles. The zero-order chi connectivity index (χ0) is 14.6. The molecule has 6 nitrogen and oxygen atoms in total. The zero-order valence-electron chi connectivity index (χ0n) is 10.3. The Hall–Kier alpha value is -2.31. The summed E-state index contributed by atoms with van der Waals surface area (Å²) in [5.41, 5.74) is -0.0625. The average Bonchev–Trinajstić information content (AvgIpc) is 2.35. The van der Waals surface area contributed by atoms with Crippen LogP contribution in [0.4, 0.5) is 4.39 Å². The molecule has 0 amide bonds. The molecule has 0 fully saturated rings. The van der Waals surface area contributed by atoms with Gasteiger partial charge in [-0.1, -0.05) is 0 Å². The van der Waals surface area contributed by atoms with Crippen LogP contribution < -0.4 is 9.47 Å². The van der Waals surface area contributed by atoms with Gasteiger partial charge >= 0.3 is 11.9 Å². The minimum absolute atomic E-state index is 0.0625. The molecule has 0 heterocycles. The summed E-state index contributed by atoms with van der Waals surface area (Å²) in [6.45, 7) is 0. The van der Waals surface area contributed by atoms with Crippen molar-refractivity contribution in [3.05, 3.63) is 23.5 Å². The van der Waals surface area contributed by atoms with E-state index in [4.69, 9.17) is 19.7 Å². The Morgan fingerprint density at radius 1 is 1.16 bits per heavy atom. The Kier molecular flexibility index (Phi) is 4.68. The lowest BCUT2D eigenvalue weighted by atomic mass is 9.99. The summed E-state index contributed by atoms with van der Waals surface area (Å²) < 4.78 is 23.5. The van der Waals surface area contributed by atoms with Gasteiger partial charge in [-0.3, -0.25) is 9.59 Å². The van der Waals surface area contributed by atoms with E-state index in [-0.39, 0.29) is 17.1 Å². The molecule has 7 heteroatoms. The van der Waals surface area contributed by atoms with Gasteiger partial charge in [-0.25, -0.2) is 4.39 Å². The highest BCUT2D eigenvalue weighted by molar-refractivity contribution is 5.93. The molecule has 0 saturated heterocycles. The third kappa shape index (κ3) is 3.34. The summed E-state index contributed by atoms with van der Waals surface area (Å²) in [7, 11) is 2.67. The molecule has 0 aliphatic rings. The number of carbonyl (C=O) groups is 2. The molecule has 0 aliphatic heterocycles. The quantitative estimate of drug-likeness (QED) is 0.755. The predicted molar refractivity (Wildman–Crippen MR) is 62.0 cm³/mol. The smallest absolute Gasteiger partial charge is 0.318 e. The van der Waals surface area contributed by atoms with E-state index >= 15 is 0 Å². The van der Waals surface area contributed by atoms with Crippen LogP contribution in [0.5, 0.6) is 11.5 Å². The number of rotatable bonds is 6. The van der Waals surface area contributed by atoms with Crippen molar-refractivity contribution in [2.24, 2.45) is 5.92 Å². The van der Waals surface area contributed by atoms with Crippen molar-refractivity contribution in [1.82, 2.24) is 0 Å². The van der Waals surface area contributed by atoms with Crippen LogP contribution in [0.3, 0.4) is 0 Å². The van der Waals surface area contributed by atoms with Gasteiger partial charge in [-0.15, -0.1) is 0 Å². The fourth-order valence-electron chi connectivity index (χ4n) is 1.55. The van der Waals surface area contributed by atoms with Crippen molar-refractivity contribution in [3.63, 3.8) is 0 Å². The summed E-state index contributed by atoms with van der Waals surface area (Å²) in [6, 6.07) is 2.25. The third-order valence-electron chi connectivity index (χ3n) is 2.57. The molecule has 1 aromatic rings. The second kappa shape index (κ2) is 6.03. The first-order valence-electron chi connectivity index (χ1n) is 5.26. The molecule has 104 valence electrons. The van der Waals surface area contributed by atoms with Crippen molar-refractivity contribution in [1.29, 1.82) is 0 Å². The van der Waals surface area contributed by atoms with E-state index in [0.717, 1.165) is 6.07 Å². The van der Waals surface area contributed by atoms with E-state index in [9.17, 15) is 14.0 Å². The number of halogens is 1. The summed E-state index contributed by atoms with van der Waals surface area (Å²) in [5, 5.41) is 17.5. The van der Waals surface area contributed by atoms with Crippen LogP contribution in [0, 0.1) is 11.7 Å². The van der Waals surface area contributed by atoms with E-state index < -0.39 is 30.1 Å². The van der Waals surface area contributed by atoms with Gasteiger partial charge in [0, 0.05) is 6.07 Å². The standard InChI is InChI=1S/C12H13FO6/c1-18-9-4-6(8(13)5-10(9)19-2)3-7(11(14)15)12(16)17/h4-5,7H,3H2,1-2H3,(H,14,15)(H,16,17). The van der Waals surface area contributed by atoms with Gasteiger partial charge in [-0.05, 0) is 18.1 Å². The third-order valence-corrected chi connectivity index (χ3v) is 2.57. The highest BCUT2D eigenvalue weighted by Gasteiger charge is 2.27. The number of aliphatic carboxylic acids is 2. The van der Waals surface area contributed by atoms with Gasteiger partial charge in [0.2, 0.25) is 0 Å². The number of carboxylic acid groups (broad SMARTS) is 2. The van der Waals surface area contributed by atoms with Crippen molar-refractivity contribution in [2.75, 3.05) is 14.2 Å². The highest BCUT2D eigenvalue weighted by Crippen LogP contribution is 2.30. The number of hydrogen-bond acceptors (Lipinski definition) is 4. The lowest BCUT2D eigenvalue weighted by Gasteiger charge is -2.12. The number of benzene rings is 1. The van der Waals surface area contributed by atoms with E-state index in [1.54, 1.807) is 0 Å². The first kappa shape index (κ1) is 14.7. The predicted octanol–water partition coefficient (Wildman–Crippen LogP) is 1.17.